The van der Waals surface area contributed by atoms with Gasteiger partial charge in [0, 0.05) is 13.2 Å². The number of oxazole rings is 1. The predicted molar refractivity (Wildman–Crippen MR) is 104 cm³/mol. The topological polar surface area (TPSA) is 73.5 Å². The van der Waals surface area contributed by atoms with E-state index in [4.69, 9.17) is 9.15 Å². The Morgan fingerprint density at radius 1 is 1.11 bits per heavy atom. The van der Waals surface area contributed by atoms with Crippen molar-refractivity contribution in [2.45, 2.75) is 32.4 Å². The molecule has 1 heterocycles. The van der Waals surface area contributed by atoms with E-state index in [2.05, 4.69) is 5.32 Å². The third-order valence-corrected chi connectivity index (χ3v) is 4.54. The molecule has 3 rings (SSSR count). The lowest BCUT2D eigenvalue weighted by Crippen LogP contribution is -2.35. The number of carbonyl (C=O) groups is 1. The van der Waals surface area contributed by atoms with Gasteiger partial charge in [0.25, 0.3) is 0 Å². The van der Waals surface area contributed by atoms with Gasteiger partial charge in [-0.15, -0.1) is 0 Å². The Kier molecular flexibility index (Phi) is 6.08. The molecule has 0 radical (unpaired) electrons. The van der Waals surface area contributed by atoms with Crippen molar-refractivity contribution in [3.8, 4) is 0 Å². The van der Waals surface area contributed by atoms with E-state index in [0.29, 0.717) is 30.7 Å². The molecule has 0 bridgehead atoms. The summed E-state index contributed by atoms with van der Waals surface area (Å²) in [6, 6.07) is 16.4. The summed E-state index contributed by atoms with van der Waals surface area (Å²) in [5, 5.41) is 2.86. The van der Waals surface area contributed by atoms with Crippen LogP contribution in [0.15, 0.2) is 63.8 Å². The van der Waals surface area contributed by atoms with E-state index in [0.717, 1.165) is 5.56 Å². The third-order valence-electron chi connectivity index (χ3n) is 4.54. The van der Waals surface area contributed by atoms with Gasteiger partial charge in [-0.1, -0.05) is 42.5 Å². The monoisotopic (exact) mass is 368 g/mol. The van der Waals surface area contributed by atoms with Crippen LogP contribution in [-0.2, 0) is 9.53 Å². The molecule has 2 aromatic carbocycles. The Morgan fingerprint density at radius 2 is 1.81 bits per heavy atom. The van der Waals surface area contributed by atoms with E-state index >= 15 is 0 Å². The highest BCUT2D eigenvalue weighted by atomic mass is 16.5. The van der Waals surface area contributed by atoms with Crippen molar-refractivity contribution in [3.63, 3.8) is 0 Å². The van der Waals surface area contributed by atoms with Gasteiger partial charge in [-0.2, -0.15) is 0 Å². The molecule has 0 saturated heterocycles. The first kappa shape index (κ1) is 18.9. The molecule has 0 saturated carbocycles. The molecule has 142 valence electrons. The van der Waals surface area contributed by atoms with Gasteiger partial charge >= 0.3 is 5.76 Å². The molecule has 0 aliphatic carbocycles. The van der Waals surface area contributed by atoms with Crippen LogP contribution in [0.5, 0.6) is 0 Å². The number of nitrogens with zero attached hydrogens (tertiary/aromatic N) is 1. The lowest BCUT2D eigenvalue weighted by atomic mass is 10.1. The van der Waals surface area contributed by atoms with Crippen molar-refractivity contribution in [2.24, 2.45) is 0 Å². The summed E-state index contributed by atoms with van der Waals surface area (Å²) in [5.41, 5.74) is 2.22. The molecule has 1 amide bonds. The first-order valence-corrected chi connectivity index (χ1v) is 9.12. The zero-order valence-corrected chi connectivity index (χ0v) is 15.6. The fraction of sp³-hybridized carbons (Fsp3) is 0.333. The van der Waals surface area contributed by atoms with E-state index in [1.54, 1.807) is 25.1 Å². The van der Waals surface area contributed by atoms with Crippen molar-refractivity contribution in [2.75, 3.05) is 13.2 Å². The van der Waals surface area contributed by atoms with E-state index in [1.807, 2.05) is 43.3 Å². The van der Waals surface area contributed by atoms with Crippen LogP contribution < -0.4 is 11.1 Å². The van der Waals surface area contributed by atoms with E-state index < -0.39 is 11.8 Å². The summed E-state index contributed by atoms with van der Waals surface area (Å²) in [4.78, 5) is 24.5. The second kappa shape index (κ2) is 8.68. The number of amides is 1. The Morgan fingerprint density at radius 3 is 2.59 bits per heavy atom. The van der Waals surface area contributed by atoms with Crippen LogP contribution >= 0.6 is 0 Å². The van der Waals surface area contributed by atoms with Crippen LogP contribution in [0.1, 0.15) is 38.0 Å². The average Bonchev–Trinajstić information content (AvgIpc) is 3.03. The zero-order chi connectivity index (χ0) is 19.2. The summed E-state index contributed by atoms with van der Waals surface area (Å²) in [5.74, 6) is -0.751. The van der Waals surface area contributed by atoms with E-state index in [1.165, 1.54) is 4.57 Å². The maximum Gasteiger partial charge on any atom is 0.420 e. The van der Waals surface area contributed by atoms with Gasteiger partial charge < -0.3 is 14.5 Å². The van der Waals surface area contributed by atoms with E-state index in [9.17, 15) is 9.59 Å². The van der Waals surface area contributed by atoms with Gasteiger partial charge in [0.15, 0.2) is 5.58 Å². The third kappa shape index (κ3) is 4.46. The SMILES string of the molecule is C[C@H](OCCCNC(=O)[C@@H](C)n1c(=O)oc2ccccc21)c1ccccc1. The van der Waals surface area contributed by atoms with Crippen LogP contribution in [0, 0.1) is 0 Å². The molecule has 1 aromatic heterocycles. The van der Waals surface area contributed by atoms with Gasteiger partial charge in [-0.3, -0.25) is 9.36 Å². The minimum absolute atomic E-state index is 0.0108. The van der Waals surface area contributed by atoms with Crippen LogP contribution in [0.3, 0.4) is 0 Å². The molecule has 0 spiro atoms. The number of para-hydroxylation sites is 2. The lowest BCUT2D eigenvalue weighted by molar-refractivity contribution is -0.123. The number of aromatic nitrogens is 1. The minimum atomic E-state index is -0.648. The molecule has 1 N–H and O–H groups in total. The largest absolute Gasteiger partial charge is 0.420 e. The van der Waals surface area contributed by atoms with Crippen LogP contribution in [0.4, 0.5) is 0 Å². The van der Waals surface area contributed by atoms with Crippen molar-refractivity contribution in [1.29, 1.82) is 0 Å². The fourth-order valence-electron chi connectivity index (χ4n) is 2.98. The van der Waals surface area contributed by atoms with Crippen molar-refractivity contribution >= 4 is 17.0 Å². The van der Waals surface area contributed by atoms with Gasteiger partial charge in [-0.05, 0) is 38.0 Å². The Bertz CT molecular complexity index is 945. The summed E-state index contributed by atoms with van der Waals surface area (Å²) < 4.78 is 12.4. The number of nitrogens with one attached hydrogen (secondary N) is 1. The van der Waals surface area contributed by atoms with Gasteiger partial charge in [0.05, 0.1) is 11.6 Å². The van der Waals surface area contributed by atoms with Crippen molar-refractivity contribution in [1.82, 2.24) is 9.88 Å². The molecule has 2 atom stereocenters. The van der Waals surface area contributed by atoms with Crippen LogP contribution in [0.25, 0.3) is 11.1 Å². The highest BCUT2D eigenvalue weighted by molar-refractivity contribution is 5.82. The first-order valence-electron chi connectivity index (χ1n) is 9.12. The number of hydrogen-bond acceptors (Lipinski definition) is 4. The zero-order valence-electron chi connectivity index (χ0n) is 15.6. The summed E-state index contributed by atoms with van der Waals surface area (Å²) in [6.45, 7) is 4.72. The number of rotatable bonds is 8. The Labute approximate surface area is 157 Å². The average molecular weight is 368 g/mol. The lowest BCUT2D eigenvalue weighted by Gasteiger charge is -2.15. The fourth-order valence-corrected chi connectivity index (χ4v) is 2.98. The number of hydrogen-bond donors (Lipinski definition) is 1. The number of ether oxygens (including phenoxy) is 1. The summed E-state index contributed by atoms with van der Waals surface area (Å²) >= 11 is 0. The van der Waals surface area contributed by atoms with Gasteiger partial charge in [0.1, 0.15) is 6.04 Å². The molecule has 0 aliphatic rings. The highest BCUT2D eigenvalue weighted by Gasteiger charge is 2.20. The predicted octanol–water partition coefficient (Wildman–Crippen LogP) is 3.44. The van der Waals surface area contributed by atoms with Crippen molar-refractivity contribution in [3.05, 3.63) is 70.7 Å². The molecule has 27 heavy (non-hydrogen) atoms. The number of benzene rings is 2. The Balaban J connectivity index is 1.48. The van der Waals surface area contributed by atoms with Gasteiger partial charge in [0.2, 0.25) is 5.91 Å². The second-order valence-corrected chi connectivity index (χ2v) is 6.45. The maximum atomic E-state index is 12.4. The molecular weight excluding hydrogens is 344 g/mol. The normalized spacial score (nSPS) is 13.4. The molecule has 0 aliphatic heterocycles. The maximum absolute atomic E-state index is 12.4. The molecule has 0 unspecified atom stereocenters. The van der Waals surface area contributed by atoms with Crippen molar-refractivity contribution < 1.29 is 13.9 Å². The Hall–Kier alpha value is -2.86. The molecular formula is C21H24N2O4. The van der Waals surface area contributed by atoms with Crippen LogP contribution in [0.2, 0.25) is 0 Å². The van der Waals surface area contributed by atoms with E-state index in [-0.39, 0.29) is 12.0 Å². The van der Waals surface area contributed by atoms with Crippen LogP contribution in [-0.4, -0.2) is 23.6 Å². The molecule has 3 aromatic rings. The minimum Gasteiger partial charge on any atom is -0.408 e. The second-order valence-electron chi connectivity index (χ2n) is 6.45. The molecule has 0 fully saturated rings. The highest BCUT2D eigenvalue weighted by Crippen LogP contribution is 2.17. The molecule has 6 heteroatoms. The number of fused-ring (bicyclic) bond motifs is 1. The standard InChI is InChI=1S/C21H24N2O4/c1-15(23-18-11-6-7-12-19(18)27-21(23)25)20(24)22-13-8-14-26-16(2)17-9-4-3-5-10-17/h3-7,9-12,15-16H,8,13-14H2,1-2H3,(H,22,24)/t15-,16+/m1/s1. The molecule has 6 nitrogen and oxygen atoms in total. The summed E-state index contributed by atoms with van der Waals surface area (Å²) in [6.07, 6.45) is 0.702. The quantitative estimate of drug-likeness (QED) is 0.618. The summed E-state index contributed by atoms with van der Waals surface area (Å²) in [7, 11) is 0. The number of carbonyl (C=O) groups excluding carboxylic acids is 1. The van der Waals surface area contributed by atoms with Gasteiger partial charge in [-0.25, -0.2) is 4.79 Å². The first-order chi connectivity index (χ1) is 13.1. The smallest absolute Gasteiger partial charge is 0.408 e.